The van der Waals surface area contributed by atoms with Crippen molar-refractivity contribution in [3.63, 3.8) is 0 Å². The summed E-state index contributed by atoms with van der Waals surface area (Å²) in [7, 11) is -3.33. The quantitative estimate of drug-likeness (QED) is 0.387. The molecule has 6 nitrogen and oxygen atoms in total. The molecule has 23 heavy (non-hydrogen) atoms. The van der Waals surface area contributed by atoms with E-state index in [1.54, 1.807) is 54.1 Å². The molecular formula is C15H15IN2O4S. The first kappa shape index (κ1) is 16.4. The number of hydrogen-bond donors (Lipinski definition) is 0. The van der Waals surface area contributed by atoms with Crippen molar-refractivity contribution in [3.8, 4) is 0 Å². The molecule has 2 aromatic rings. The third kappa shape index (κ3) is 3.27. The number of anilines is 1. The van der Waals surface area contributed by atoms with Gasteiger partial charge in [-0.05, 0) is 44.0 Å². The van der Waals surface area contributed by atoms with E-state index < -0.39 is 10.0 Å². The average Bonchev–Trinajstić information content (AvgIpc) is 3.30. The summed E-state index contributed by atoms with van der Waals surface area (Å²) in [6.07, 6.45) is 3.50. The Labute approximate surface area is 148 Å². The summed E-state index contributed by atoms with van der Waals surface area (Å²) in [4.78, 5) is 12.6. The summed E-state index contributed by atoms with van der Waals surface area (Å²) in [6, 6.07) is 6.49. The highest BCUT2D eigenvalue weighted by atomic mass is 127. The number of hydrogen-bond acceptors (Lipinski definition) is 5. The number of ketones is 1. The van der Waals surface area contributed by atoms with Gasteiger partial charge in [-0.1, -0.05) is 5.16 Å². The number of carbonyl (C=O) groups is 1. The van der Waals surface area contributed by atoms with E-state index in [1.165, 1.54) is 8.72 Å². The first-order valence-corrected chi connectivity index (χ1v) is 9.79. The molecule has 0 aliphatic heterocycles. The molecule has 1 aliphatic carbocycles. The molecule has 0 atom stereocenters. The Morgan fingerprint density at radius 2 is 2.00 bits per heavy atom. The van der Waals surface area contributed by atoms with E-state index in [2.05, 4.69) is 5.16 Å². The SMILES string of the molecule is CCS(=O)(=O)N(I)c1ccc(C(=O)c2cnoc2C2CC2)cc1. The third-order valence-corrected chi connectivity index (χ3v) is 7.52. The van der Waals surface area contributed by atoms with E-state index in [9.17, 15) is 13.2 Å². The number of benzene rings is 1. The van der Waals surface area contributed by atoms with Crippen LogP contribution in [0.3, 0.4) is 0 Å². The van der Waals surface area contributed by atoms with Crippen LogP contribution in [0.15, 0.2) is 35.0 Å². The topological polar surface area (TPSA) is 80.5 Å². The maximum absolute atomic E-state index is 12.6. The van der Waals surface area contributed by atoms with Crippen molar-refractivity contribution in [1.29, 1.82) is 0 Å². The van der Waals surface area contributed by atoms with E-state index in [4.69, 9.17) is 4.52 Å². The predicted molar refractivity (Wildman–Crippen MR) is 94.3 cm³/mol. The van der Waals surface area contributed by atoms with E-state index >= 15 is 0 Å². The van der Waals surface area contributed by atoms with Gasteiger partial charge in [-0.15, -0.1) is 0 Å². The number of sulfonamides is 1. The minimum atomic E-state index is -3.33. The van der Waals surface area contributed by atoms with Crippen molar-refractivity contribution in [1.82, 2.24) is 5.16 Å². The second kappa shape index (κ2) is 6.23. The summed E-state index contributed by atoms with van der Waals surface area (Å²) in [5, 5.41) is 3.73. The predicted octanol–water partition coefficient (Wildman–Crippen LogP) is 3.29. The molecule has 1 aromatic heterocycles. The molecule has 0 radical (unpaired) electrons. The van der Waals surface area contributed by atoms with Crippen molar-refractivity contribution in [2.75, 3.05) is 8.27 Å². The Balaban J connectivity index is 1.84. The Bertz CT molecular complexity index is 825. The Kier molecular flexibility index (Phi) is 4.45. The number of carbonyl (C=O) groups excluding carboxylic acids is 1. The Morgan fingerprint density at radius 1 is 1.35 bits per heavy atom. The summed E-state index contributed by atoms with van der Waals surface area (Å²) >= 11 is 1.75. The van der Waals surface area contributed by atoms with Gasteiger partial charge in [0.1, 0.15) is 0 Å². The van der Waals surface area contributed by atoms with Gasteiger partial charge < -0.3 is 4.52 Å². The van der Waals surface area contributed by atoms with Crippen LogP contribution in [0, 0.1) is 0 Å². The van der Waals surface area contributed by atoms with Gasteiger partial charge >= 0.3 is 0 Å². The summed E-state index contributed by atoms with van der Waals surface area (Å²) in [6.45, 7) is 1.59. The second-order valence-corrected chi connectivity index (χ2v) is 9.10. The van der Waals surface area contributed by atoms with Crippen LogP contribution in [0.25, 0.3) is 0 Å². The number of nitrogens with zero attached hydrogens (tertiary/aromatic N) is 2. The number of rotatable bonds is 6. The number of aromatic nitrogens is 1. The Hall–Kier alpha value is -1.42. The minimum absolute atomic E-state index is 0.0159. The first-order valence-electron chi connectivity index (χ1n) is 7.22. The van der Waals surface area contributed by atoms with Crippen LogP contribution in [0.4, 0.5) is 5.69 Å². The van der Waals surface area contributed by atoms with Crippen molar-refractivity contribution < 1.29 is 17.7 Å². The fraction of sp³-hybridized carbons (Fsp3) is 0.333. The molecule has 1 heterocycles. The summed E-state index contributed by atoms with van der Waals surface area (Å²) in [5.41, 5.74) is 1.49. The molecule has 0 bridgehead atoms. The van der Waals surface area contributed by atoms with E-state index in [1.807, 2.05) is 0 Å². The van der Waals surface area contributed by atoms with Crippen LogP contribution >= 0.6 is 22.9 Å². The minimum Gasteiger partial charge on any atom is -0.360 e. The van der Waals surface area contributed by atoms with Gasteiger partial charge in [0, 0.05) is 11.5 Å². The summed E-state index contributed by atoms with van der Waals surface area (Å²) < 4.78 is 30.1. The maximum Gasteiger partial charge on any atom is 0.243 e. The highest BCUT2D eigenvalue weighted by molar-refractivity contribution is 14.1. The van der Waals surface area contributed by atoms with Crippen LogP contribution in [0.5, 0.6) is 0 Å². The van der Waals surface area contributed by atoms with E-state index in [-0.39, 0.29) is 11.5 Å². The lowest BCUT2D eigenvalue weighted by atomic mass is 10.0. The lowest BCUT2D eigenvalue weighted by Gasteiger charge is -2.15. The van der Waals surface area contributed by atoms with Crippen LogP contribution in [-0.4, -0.2) is 25.1 Å². The van der Waals surface area contributed by atoms with E-state index in [0.717, 1.165) is 12.8 Å². The monoisotopic (exact) mass is 446 g/mol. The highest BCUT2D eigenvalue weighted by Gasteiger charge is 2.32. The largest absolute Gasteiger partial charge is 0.360 e. The van der Waals surface area contributed by atoms with Crippen molar-refractivity contribution in [2.45, 2.75) is 25.7 Å². The fourth-order valence-electron chi connectivity index (χ4n) is 2.22. The lowest BCUT2D eigenvalue weighted by Crippen LogP contribution is -2.22. The zero-order chi connectivity index (χ0) is 16.6. The van der Waals surface area contributed by atoms with Crippen LogP contribution in [-0.2, 0) is 10.0 Å². The highest BCUT2D eigenvalue weighted by Crippen LogP contribution is 2.42. The van der Waals surface area contributed by atoms with Gasteiger partial charge in [0.05, 0.1) is 46.1 Å². The lowest BCUT2D eigenvalue weighted by molar-refractivity contribution is 0.103. The molecule has 1 fully saturated rings. The van der Waals surface area contributed by atoms with Gasteiger partial charge in [0.25, 0.3) is 0 Å². The average molecular weight is 446 g/mol. The Morgan fingerprint density at radius 3 is 2.57 bits per heavy atom. The number of halogens is 1. The molecule has 0 saturated heterocycles. The molecular weight excluding hydrogens is 431 g/mol. The summed E-state index contributed by atoms with van der Waals surface area (Å²) in [5.74, 6) is 0.818. The zero-order valence-corrected chi connectivity index (χ0v) is 15.4. The molecule has 1 aliphatic rings. The van der Waals surface area contributed by atoms with Gasteiger partial charge in [-0.3, -0.25) is 4.79 Å². The van der Waals surface area contributed by atoms with Gasteiger partial charge in [-0.2, -0.15) is 0 Å². The smallest absolute Gasteiger partial charge is 0.243 e. The van der Waals surface area contributed by atoms with Gasteiger partial charge in [-0.25, -0.2) is 10.9 Å². The van der Waals surface area contributed by atoms with Crippen molar-refractivity contribution in [3.05, 3.63) is 47.3 Å². The van der Waals surface area contributed by atoms with E-state index in [0.29, 0.717) is 28.5 Å². The second-order valence-electron chi connectivity index (χ2n) is 5.37. The van der Waals surface area contributed by atoms with Crippen molar-refractivity contribution >= 4 is 44.4 Å². The molecule has 0 amide bonds. The maximum atomic E-state index is 12.6. The molecule has 1 aromatic carbocycles. The van der Waals surface area contributed by atoms with Crippen LogP contribution in [0.1, 0.15) is 47.4 Å². The van der Waals surface area contributed by atoms with Crippen molar-refractivity contribution in [2.24, 2.45) is 0 Å². The van der Waals surface area contributed by atoms with Crippen LogP contribution < -0.4 is 2.52 Å². The molecule has 0 unspecified atom stereocenters. The molecule has 8 heteroatoms. The molecule has 0 N–H and O–H groups in total. The van der Waals surface area contributed by atoms with Gasteiger partial charge in [0.15, 0.2) is 11.5 Å². The molecule has 1 saturated carbocycles. The first-order chi connectivity index (χ1) is 10.9. The molecule has 122 valence electrons. The fourth-order valence-corrected chi connectivity index (χ4v) is 4.05. The normalized spacial score (nSPS) is 14.7. The zero-order valence-electron chi connectivity index (χ0n) is 12.4. The van der Waals surface area contributed by atoms with Crippen LogP contribution in [0.2, 0.25) is 0 Å². The third-order valence-electron chi connectivity index (χ3n) is 3.73. The standard InChI is InChI=1S/C15H15IN2O4S/c1-2-23(20,21)18(16)12-7-5-10(6-8-12)14(19)13-9-17-22-15(13)11-3-4-11/h5-9,11H,2-4H2,1H3. The molecule has 3 rings (SSSR count). The molecule has 0 spiro atoms. The van der Waals surface area contributed by atoms with Gasteiger partial charge in [0.2, 0.25) is 10.0 Å².